The standard InChI is InChI=1S/C49H62FN9O16S/c1-59(22-18-32(19-23-59)53-38(60)14-11-34(46(69)70)54-39(61)15-12-35(47(71)72)56-43(65)31-17-21-51-41(26-31)76-50)27-40(62)55-37(25-28-9-10-29-6-2-3-7-30(29)24-28)44(66)52-20-5-4-8-33(45(67)68)57-49(75)58-36(48(73)74)13-16-42(63)64/h2-3,6-7,9-10,17,21,24,26,32-37H,4-5,8,11-16,18-20,22-23,25,27H2,1H3,(H11-,52,53,54,55,56,57,58,60,61,62,63,64,65,66,67,68,69,70,71,72,73,74,75)/p+1. The molecule has 0 spiro atoms. The van der Waals surface area contributed by atoms with Crippen LogP contribution in [-0.2, 0) is 49.6 Å². The highest BCUT2D eigenvalue weighted by Crippen LogP contribution is 2.20. The zero-order valence-electron chi connectivity index (χ0n) is 41.5. The smallest absolute Gasteiger partial charge is 0.326 e. The second-order valence-corrected chi connectivity index (χ2v) is 19.1. The van der Waals surface area contributed by atoms with E-state index in [1.807, 2.05) is 49.5 Å². The molecule has 412 valence electrons. The maximum absolute atomic E-state index is 13.7. The SMILES string of the molecule is C[N+]1(CC(=O)NC(Cc2ccc3ccccc3c2)C(=O)NCCCCC(NC(=O)NC(CCC(=O)O)C(=O)O)C(=O)O)CCC(NC(=O)CCC(NC(=O)CCC(NC(=O)c2ccnc(SF)c2)C(=O)O)C(=O)O)CC1. The van der Waals surface area contributed by atoms with Crippen LogP contribution in [0.3, 0.4) is 0 Å². The highest BCUT2D eigenvalue weighted by atomic mass is 32.2. The first-order chi connectivity index (χ1) is 36.0. The lowest BCUT2D eigenvalue weighted by Crippen LogP contribution is -2.59. The minimum Gasteiger partial charge on any atom is -0.481 e. The Morgan fingerprint density at radius 3 is 1.83 bits per heavy atom. The van der Waals surface area contributed by atoms with E-state index in [0.29, 0.717) is 25.9 Å². The molecule has 0 bridgehead atoms. The Bertz CT molecular complexity index is 2600. The van der Waals surface area contributed by atoms with Crippen LogP contribution in [0.5, 0.6) is 0 Å². The first-order valence-electron chi connectivity index (χ1n) is 24.3. The number of quaternary nitrogens is 1. The van der Waals surface area contributed by atoms with Gasteiger partial charge in [0.1, 0.15) is 47.4 Å². The molecule has 1 aliphatic rings. The van der Waals surface area contributed by atoms with E-state index in [4.69, 9.17) is 5.11 Å². The summed E-state index contributed by atoms with van der Waals surface area (Å²) in [5, 5.41) is 66.2. The maximum atomic E-state index is 13.7. The fourth-order valence-corrected chi connectivity index (χ4v) is 8.58. The number of likely N-dealkylation sites (N-methyl/N-ethyl adjacent to an activating group) is 1. The molecule has 0 radical (unpaired) electrons. The molecule has 7 amide bonds. The summed E-state index contributed by atoms with van der Waals surface area (Å²) in [7, 11) is 1.86. The number of rotatable bonds is 31. The molecule has 4 rings (SSSR count). The van der Waals surface area contributed by atoms with Crippen LogP contribution in [0.4, 0.5) is 8.68 Å². The van der Waals surface area contributed by atoms with Crippen LogP contribution in [0.15, 0.2) is 65.8 Å². The van der Waals surface area contributed by atoms with Crippen molar-refractivity contribution in [1.82, 2.24) is 42.2 Å². The van der Waals surface area contributed by atoms with Crippen LogP contribution in [0.25, 0.3) is 10.8 Å². The normalized spacial score (nSPS) is 17.0. The third-order valence-corrected chi connectivity index (χ3v) is 12.9. The summed E-state index contributed by atoms with van der Waals surface area (Å²) in [4.78, 5) is 140. The number of pyridine rings is 1. The van der Waals surface area contributed by atoms with E-state index >= 15 is 0 Å². The number of urea groups is 1. The zero-order valence-corrected chi connectivity index (χ0v) is 42.3. The average Bonchev–Trinajstić information content (AvgIpc) is 3.37. The summed E-state index contributed by atoms with van der Waals surface area (Å²) in [6.07, 6.45) is 0.104. The molecule has 1 aromatic heterocycles. The van der Waals surface area contributed by atoms with Gasteiger partial charge < -0.3 is 67.2 Å². The molecule has 1 aliphatic heterocycles. The monoisotopic (exact) mass is 1080 g/mol. The summed E-state index contributed by atoms with van der Waals surface area (Å²) < 4.78 is 13.2. The van der Waals surface area contributed by atoms with Gasteiger partial charge in [-0.15, -0.1) is 0 Å². The van der Waals surface area contributed by atoms with Crippen molar-refractivity contribution >= 4 is 88.3 Å². The molecule has 0 aliphatic carbocycles. The highest BCUT2D eigenvalue weighted by Gasteiger charge is 2.35. The molecule has 1 fully saturated rings. The van der Waals surface area contributed by atoms with Crippen LogP contribution in [0, 0.1) is 0 Å². The number of amides is 7. The van der Waals surface area contributed by atoms with Crippen molar-refractivity contribution in [3.05, 3.63) is 71.9 Å². The van der Waals surface area contributed by atoms with Gasteiger partial charge in [0.2, 0.25) is 17.7 Å². The minimum absolute atomic E-state index is 0.0169. The van der Waals surface area contributed by atoms with Gasteiger partial charge in [-0.3, -0.25) is 28.8 Å². The molecule has 76 heavy (non-hydrogen) atoms. The number of unbranched alkanes of at least 4 members (excludes halogenated alkanes) is 1. The predicted molar refractivity (Wildman–Crippen MR) is 268 cm³/mol. The number of carboxylic acids is 5. The van der Waals surface area contributed by atoms with E-state index in [2.05, 4.69) is 42.2 Å². The van der Waals surface area contributed by atoms with Crippen LogP contribution in [-0.4, -0.2) is 170 Å². The second kappa shape index (κ2) is 29.8. The van der Waals surface area contributed by atoms with Crippen molar-refractivity contribution in [2.24, 2.45) is 0 Å². The van der Waals surface area contributed by atoms with Crippen molar-refractivity contribution in [2.75, 3.05) is 33.2 Å². The van der Waals surface area contributed by atoms with Crippen LogP contribution in [0.2, 0.25) is 0 Å². The number of aromatic nitrogens is 1. The molecule has 2 heterocycles. The lowest BCUT2D eigenvalue weighted by Gasteiger charge is -2.40. The second-order valence-electron chi connectivity index (χ2n) is 18.6. The molecule has 1 saturated heterocycles. The third-order valence-electron chi connectivity index (χ3n) is 12.5. The number of piperidine rings is 1. The number of halogens is 1. The molecule has 25 nitrogen and oxygen atoms in total. The summed E-state index contributed by atoms with van der Waals surface area (Å²) in [5.41, 5.74) is 0.695. The molecular formula is C49H63FN9O16S+. The van der Waals surface area contributed by atoms with Gasteiger partial charge in [0.25, 0.3) is 11.8 Å². The molecule has 0 saturated carbocycles. The number of likely N-dealkylation sites (tertiary alicyclic amines) is 1. The Hall–Kier alpha value is -7.94. The quantitative estimate of drug-likeness (QED) is 0.0319. The lowest BCUT2D eigenvalue weighted by molar-refractivity contribution is -0.906. The number of carbonyl (C=O) groups excluding carboxylic acids is 6. The largest absolute Gasteiger partial charge is 0.481 e. The maximum Gasteiger partial charge on any atom is 0.326 e. The molecule has 27 heteroatoms. The number of carbonyl (C=O) groups is 11. The number of aliphatic carboxylic acids is 5. The lowest BCUT2D eigenvalue weighted by atomic mass is 10.0. The fourth-order valence-electron chi connectivity index (χ4n) is 8.31. The van der Waals surface area contributed by atoms with Crippen molar-refractivity contribution in [3.8, 4) is 0 Å². The van der Waals surface area contributed by atoms with Crippen LogP contribution in [0.1, 0.15) is 86.6 Å². The average molecular weight is 1090 g/mol. The summed E-state index contributed by atoms with van der Waals surface area (Å²) in [6.45, 7) is 0.952. The van der Waals surface area contributed by atoms with Gasteiger partial charge >= 0.3 is 35.9 Å². The Balaban J connectivity index is 1.25. The van der Waals surface area contributed by atoms with Crippen LogP contribution < -0.4 is 37.2 Å². The molecule has 5 atom stereocenters. The fraction of sp³-hybridized carbons (Fsp3) is 0.469. The van der Waals surface area contributed by atoms with E-state index in [9.17, 15) is 77.1 Å². The third kappa shape index (κ3) is 20.8. The molecule has 2 aromatic carbocycles. The Morgan fingerprint density at radius 1 is 0.645 bits per heavy atom. The van der Waals surface area contributed by atoms with Gasteiger partial charge in [0.05, 0.1) is 20.1 Å². The van der Waals surface area contributed by atoms with Gasteiger partial charge in [-0.1, -0.05) is 42.5 Å². The topological polar surface area (TPSA) is 386 Å². The van der Waals surface area contributed by atoms with Gasteiger partial charge in [0.15, 0.2) is 6.54 Å². The number of fused-ring (bicyclic) bond motifs is 1. The zero-order chi connectivity index (χ0) is 56.0. The van der Waals surface area contributed by atoms with E-state index in [-0.39, 0.29) is 84.9 Å². The van der Waals surface area contributed by atoms with Gasteiger partial charge in [-0.25, -0.2) is 29.0 Å². The first kappa shape index (κ1) is 60.6. The summed E-state index contributed by atoms with van der Waals surface area (Å²) in [6, 6.07) is 7.13. The first-order valence-corrected chi connectivity index (χ1v) is 25.0. The van der Waals surface area contributed by atoms with E-state index in [1.165, 1.54) is 6.07 Å². The van der Waals surface area contributed by atoms with E-state index < -0.39 is 121 Å². The van der Waals surface area contributed by atoms with Crippen molar-refractivity contribution in [2.45, 2.75) is 118 Å². The Morgan fingerprint density at radius 2 is 1.21 bits per heavy atom. The molecule has 12 N–H and O–H groups in total. The van der Waals surface area contributed by atoms with Gasteiger partial charge in [-0.2, -0.15) is 3.89 Å². The van der Waals surface area contributed by atoms with Crippen molar-refractivity contribution < 1.29 is 86.6 Å². The summed E-state index contributed by atoms with van der Waals surface area (Å²) >= 11 is -0.213. The van der Waals surface area contributed by atoms with Crippen molar-refractivity contribution in [1.29, 1.82) is 0 Å². The molecule has 5 unspecified atom stereocenters. The number of nitrogens with zero attached hydrogens (tertiary/aromatic N) is 2. The Kier molecular flexibility index (Phi) is 23.8. The number of nitrogens with one attached hydrogen (secondary N) is 7. The molecular weight excluding hydrogens is 1020 g/mol. The van der Waals surface area contributed by atoms with Crippen LogP contribution >= 0.6 is 12.1 Å². The van der Waals surface area contributed by atoms with Gasteiger partial charge in [0, 0.05) is 62.9 Å². The molecule has 3 aromatic rings. The van der Waals surface area contributed by atoms with Gasteiger partial charge in [-0.05, 0) is 67.0 Å². The van der Waals surface area contributed by atoms with E-state index in [0.717, 1.165) is 28.6 Å². The number of benzene rings is 2. The van der Waals surface area contributed by atoms with E-state index in [1.54, 1.807) is 0 Å². The number of hydrogen-bond acceptors (Lipinski definition) is 13. The number of carboxylic acid groups (broad SMARTS) is 5. The minimum atomic E-state index is -1.57. The number of hydrogen-bond donors (Lipinski definition) is 12. The summed E-state index contributed by atoms with van der Waals surface area (Å²) in [5.74, 6) is -10.2. The van der Waals surface area contributed by atoms with Crippen molar-refractivity contribution in [3.63, 3.8) is 0 Å². The highest BCUT2D eigenvalue weighted by molar-refractivity contribution is 7.94. The Labute approximate surface area is 439 Å². The predicted octanol–water partition coefficient (Wildman–Crippen LogP) is 1.33.